The lowest BCUT2D eigenvalue weighted by molar-refractivity contribution is 0.495. The minimum atomic E-state index is -0.0163. The molecule has 2 aromatic heterocycles. The van der Waals surface area contributed by atoms with Crippen molar-refractivity contribution in [1.29, 1.82) is 0 Å². The predicted octanol–water partition coefficient (Wildman–Crippen LogP) is 3.17. The molecule has 0 bridgehead atoms. The number of fused-ring (bicyclic) bond motifs is 3. The third-order valence-electron chi connectivity index (χ3n) is 6.31. The van der Waals surface area contributed by atoms with Gasteiger partial charge in [-0.15, -0.1) is 0 Å². The standard InChI is InChI=1S/C24H27N5O/c1-16-8-3-4-9-17(16)14-29-22-21(26-24(29)28-13-7-10-18(25)15-28)19-11-5-6-12-20(19)27(2)23(22)30/h3-6,8-9,11-12,18H,7,10,13-15,25H2,1-2H3/t18-/m1/s1. The van der Waals surface area contributed by atoms with E-state index in [-0.39, 0.29) is 11.6 Å². The smallest absolute Gasteiger partial charge is 0.277 e. The van der Waals surface area contributed by atoms with E-state index in [1.807, 2.05) is 43.4 Å². The highest BCUT2D eigenvalue weighted by molar-refractivity contribution is 6.03. The van der Waals surface area contributed by atoms with Crippen molar-refractivity contribution in [1.82, 2.24) is 14.1 Å². The van der Waals surface area contributed by atoms with E-state index in [9.17, 15) is 4.79 Å². The van der Waals surface area contributed by atoms with E-state index in [1.165, 1.54) is 11.1 Å². The highest BCUT2D eigenvalue weighted by Gasteiger charge is 2.25. The highest BCUT2D eigenvalue weighted by Crippen LogP contribution is 2.29. The summed E-state index contributed by atoms with van der Waals surface area (Å²) in [5.41, 5.74) is 11.0. The molecule has 30 heavy (non-hydrogen) atoms. The third kappa shape index (κ3) is 2.99. The van der Waals surface area contributed by atoms with E-state index < -0.39 is 0 Å². The van der Waals surface area contributed by atoms with E-state index in [0.717, 1.165) is 48.3 Å². The van der Waals surface area contributed by atoms with E-state index in [0.29, 0.717) is 12.1 Å². The topological polar surface area (TPSA) is 69.1 Å². The Labute approximate surface area is 175 Å². The van der Waals surface area contributed by atoms with Crippen LogP contribution in [0, 0.1) is 6.92 Å². The van der Waals surface area contributed by atoms with Crippen LogP contribution in [0.1, 0.15) is 24.0 Å². The van der Waals surface area contributed by atoms with Gasteiger partial charge in [-0.1, -0.05) is 42.5 Å². The molecule has 2 aromatic carbocycles. The molecule has 0 radical (unpaired) electrons. The molecular formula is C24H27N5O. The molecule has 0 unspecified atom stereocenters. The van der Waals surface area contributed by atoms with Crippen LogP contribution >= 0.6 is 0 Å². The molecular weight excluding hydrogens is 374 g/mol. The maximum Gasteiger partial charge on any atom is 0.277 e. The first-order valence-corrected chi connectivity index (χ1v) is 10.6. The van der Waals surface area contributed by atoms with Gasteiger partial charge in [0.2, 0.25) is 5.95 Å². The summed E-state index contributed by atoms with van der Waals surface area (Å²) in [5, 5.41) is 1.00. The second kappa shape index (κ2) is 7.29. The zero-order chi connectivity index (χ0) is 20.8. The number of pyridine rings is 1. The van der Waals surface area contributed by atoms with Crippen LogP contribution in [-0.4, -0.2) is 33.2 Å². The molecule has 0 aliphatic carbocycles. The second-order valence-corrected chi connectivity index (χ2v) is 8.35. The van der Waals surface area contributed by atoms with Crippen molar-refractivity contribution >= 4 is 27.9 Å². The number of nitrogens with zero attached hydrogens (tertiary/aromatic N) is 4. The van der Waals surface area contributed by atoms with Gasteiger partial charge in [-0.05, 0) is 37.0 Å². The molecule has 6 nitrogen and oxygen atoms in total. The molecule has 1 fully saturated rings. The van der Waals surface area contributed by atoms with Gasteiger partial charge >= 0.3 is 0 Å². The van der Waals surface area contributed by atoms with Crippen LogP contribution in [0.25, 0.3) is 21.9 Å². The molecule has 4 aromatic rings. The predicted molar refractivity (Wildman–Crippen MR) is 122 cm³/mol. The van der Waals surface area contributed by atoms with Crippen LogP contribution in [0.2, 0.25) is 0 Å². The Hall–Kier alpha value is -3.12. The largest absolute Gasteiger partial charge is 0.341 e. The van der Waals surface area contributed by atoms with Crippen LogP contribution in [0.5, 0.6) is 0 Å². The number of rotatable bonds is 3. The molecule has 0 spiro atoms. The summed E-state index contributed by atoms with van der Waals surface area (Å²) in [7, 11) is 1.84. The SMILES string of the molecule is Cc1ccccc1Cn1c(N2CCC[C@@H](N)C2)nc2c3ccccc3n(C)c(=O)c21. The van der Waals surface area contributed by atoms with Crippen LogP contribution in [0.3, 0.4) is 0 Å². The normalized spacial score (nSPS) is 17.2. The summed E-state index contributed by atoms with van der Waals surface area (Å²) in [4.78, 5) is 20.8. The minimum Gasteiger partial charge on any atom is -0.341 e. The van der Waals surface area contributed by atoms with Gasteiger partial charge in [-0.2, -0.15) is 0 Å². The van der Waals surface area contributed by atoms with Crippen molar-refractivity contribution in [2.75, 3.05) is 18.0 Å². The molecule has 6 heteroatoms. The molecule has 0 saturated carbocycles. The lowest BCUT2D eigenvalue weighted by Crippen LogP contribution is -2.44. The van der Waals surface area contributed by atoms with Gasteiger partial charge in [0.15, 0.2) is 0 Å². The minimum absolute atomic E-state index is 0.0163. The zero-order valence-corrected chi connectivity index (χ0v) is 17.5. The number of benzene rings is 2. The fraction of sp³-hybridized carbons (Fsp3) is 0.333. The maximum absolute atomic E-state index is 13.5. The van der Waals surface area contributed by atoms with Crippen molar-refractivity contribution in [3.8, 4) is 0 Å². The third-order valence-corrected chi connectivity index (χ3v) is 6.31. The number of para-hydroxylation sites is 1. The summed E-state index contributed by atoms with van der Waals surface area (Å²) in [6, 6.07) is 16.4. The van der Waals surface area contributed by atoms with Crippen molar-refractivity contribution < 1.29 is 0 Å². The van der Waals surface area contributed by atoms with Crippen LogP contribution in [-0.2, 0) is 13.6 Å². The summed E-state index contributed by atoms with van der Waals surface area (Å²) < 4.78 is 3.84. The van der Waals surface area contributed by atoms with Gasteiger partial charge in [-0.3, -0.25) is 4.79 Å². The van der Waals surface area contributed by atoms with Gasteiger partial charge in [0.05, 0.1) is 12.1 Å². The van der Waals surface area contributed by atoms with Crippen molar-refractivity contribution in [3.05, 3.63) is 70.0 Å². The summed E-state index contributed by atoms with van der Waals surface area (Å²) in [6.45, 7) is 4.38. The lowest BCUT2D eigenvalue weighted by Gasteiger charge is -2.32. The lowest BCUT2D eigenvalue weighted by atomic mass is 10.1. The van der Waals surface area contributed by atoms with Crippen molar-refractivity contribution in [2.24, 2.45) is 12.8 Å². The molecule has 1 saturated heterocycles. The van der Waals surface area contributed by atoms with Gasteiger partial charge in [0, 0.05) is 31.6 Å². The first-order chi connectivity index (χ1) is 14.5. The zero-order valence-electron chi connectivity index (χ0n) is 17.5. The number of nitrogens with two attached hydrogens (primary N) is 1. The molecule has 154 valence electrons. The van der Waals surface area contributed by atoms with Gasteiger partial charge in [0.1, 0.15) is 11.0 Å². The van der Waals surface area contributed by atoms with E-state index in [2.05, 4.69) is 28.5 Å². The van der Waals surface area contributed by atoms with E-state index >= 15 is 0 Å². The Bertz CT molecular complexity index is 1300. The fourth-order valence-electron chi connectivity index (χ4n) is 4.62. The molecule has 0 amide bonds. The van der Waals surface area contributed by atoms with Crippen LogP contribution in [0.15, 0.2) is 53.3 Å². The first kappa shape index (κ1) is 18.9. The summed E-state index contributed by atoms with van der Waals surface area (Å²) in [6.07, 6.45) is 2.06. The summed E-state index contributed by atoms with van der Waals surface area (Å²) >= 11 is 0. The molecule has 3 heterocycles. The fourth-order valence-corrected chi connectivity index (χ4v) is 4.62. The number of anilines is 1. The monoisotopic (exact) mass is 401 g/mol. The van der Waals surface area contributed by atoms with Crippen LogP contribution in [0.4, 0.5) is 5.95 Å². The number of aromatic nitrogens is 3. The maximum atomic E-state index is 13.5. The second-order valence-electron chi connectivity index (χ2n) is 8.35. The summed E-state index contributed by atoms with van der Waals surface area (Å²) in [5.74, 6) is 0.844. The van der Waals surface area contributed by atoms with Gasteiger partial charge in [-0.25, -0.2) is 4.98 Å². The average Bonchev–Trinajstić information content (AvgIpc) is 3.13. The molecule has 5 rings (SSSR count). The van der Waals surface area contributed by atoms with Gasteiger partial charge in [0.25, 0.3) is 5.56 Å². The molecule has 2 N–H and O–H groups in total. The van der Waals surface area contributed by atoms with Gasteiger partial charge < -0.3 is 19.8 Å². The number of hydrogen-bond donors (Lipinski definition) is 1. The van der Waals surface area contributed by atoms with E-state index in [1.54, 1.807) is 4.57 Å². The Morgan fingerprint density at radius 2 is 1.90 bits per heavy atom. The quantitative estimate of drug-likeness (QED) is 0.573. The van der Waals surface area contributed by atoms with E-state index in [4.69, 9.17) is 10.7 Å². The Balaban J connectivity index is 1.81. The highest BCUT2D eigenvalue weighted by atomic mass is 16.1. The molecule has 1 aliphatic heterocycles. The number of aryl methyl sites for hydroxylation is 2. The average molecular weight is 402 g/mol. The Morgan fingerprint density at radius 3 is 2.70 bits per heavy atom. The van der Waals surface area contributed by atoms with Crippen molar-refractivity contribution in [2.45, 2.75) is 32.4 Å². The van der Waals surface area contributed by atoms with Crippen molar-refractivity contribution in [3.63, 3.8) is 0 Å². The molecule has 1 atom stereocenters. The number of hydrogen-bond acceptors (Lipinski definition) is 4. The Morgan fingerprint density at radius 1 is 1.13 bits per heavy atom. The number of imidazole rings is 1. The first-order valence-electron chi connectivity index (χ1n) is 10.6. The Kier molecular flexibility index (Phi) is 4.59. The molecule has 1 aliphatic rings. The number of piperidine rings is 1. The van der Waals surface area contributed by atoms with Crippen LogP contribution < -0.4 is 16.2 Å².